The van der Waals surface area contributed by atoms with Crippen LogP contribution >= 0.6 is 0 Å². The van der Waals surface area contributed by atoms with E-state index in [9.17, 15) is 0 Å². The molecule has 0 aromatic carbocycles. The maximum absolute atomic E-state index is 6.09. The summed E-state index contributed by atoms with van der Waals surface area (Å²) < 4.78 is 12.0. The highest BCUT2D eigenvalue weighted by Crippen LogP contribution is 2.36. The Morgan fingerprint density at radius 2 is 1.71 bits per heavy atom. The van der Waals surface area contributed by atoms with Crippen molar-refractivity contribution < 1.29 is 9.47 Å². The van der Waals surface area contributed by atoms with Crippen LogP contribution < -0.4 is 0 Å². The predicted octanol–water partition coefficient (Wildman–Crippen LogP) is 4.09. The molecule has 0 saturated carbocycles. The predicted molar refractivity (Wildman–Crippen MR) is 71.9 cm³/mol. The highest BCUT2D eigenvalue weighted by atomic mass is 16.7. The lowest BCUT2D eigenvalue weighted by Crippen LogP contribution is -2.45. The minimum absolute atomic E-state index is 0.00454. The summed E-state index contributed by atoms with van der Waals surface area (Å²) in [5.74, 6) is 2.52. The first-order chi connectivity index (χ1) is 7.97. The Kier molecular flexibility index (Phi) is 5.94. The second-order valence-corrected chi connectivity index (χ2v) is 6.08. The summed E-state index contributed by atoms with van der Waals surface area (Å²) in [6.45, 7) is 14.4. The molecule has 5 atom stereocenters. The minimum atomic E-state index is 0.00454. The molecule has 0 aliphatic carbocycles. The van der Waals surface area contributed by atoms with Gasteiger partial charge in [-0.15, -0.1) is 0 Å². The summed E-state index contributed by atoms with van der Waals surface area (Å²) in [6.07, 6.45) is 2.57. The molecule has 0 amide bonds. The molecule has 1 heterocycles. The molecule has 0 bridgehead atoms. The summed E-state index contributed by atoms with van der Waals surface area (Å²) in [5, 5.41) is 0. The number of hydrogen-bond acceptors (Lipinski definition) is 2. The quantitative estimate of drug-likeness (QED) is 0.723. The molecule has 1 aliphatic rings. The van der Waals surface area contributed by atoms with Crippen LogP contribution in [0, 0.1) is 23.7 Å². The van der Waals surface area contributed by atoms with Gasteiger partial charge in [-0.2, -0.15) is 0 Å². The van der Waals surface area contributed by atoms with E-state index in [2.05, 4.69) is 41.5 Å². The van der Waals surface area contributed by atoms with Gasteiger partial charge in [-0.1, -0.05) is 41.5 Å². The fourth-order valence-corrected chi connectivity index (χ4v) is 2.56. The molecule has 102 valence electrons. The zero-order chi connectivity index (χ0) is 13.0. The van der Waals surface area contributed by atoms with Gasteiger partial charge in [-0.25, -0.2) is 0 Å². The van der Waals surface area contributed by atoms with Gasteiger partial charge in [0.15, 0.2) is 6.29 Å². The second-order valence-electron chi connectivity index (χ2n) is 6.08. The Balaban J connectivity index is 2.47. The van der Waals surface area contributed by atoms with Crippen LogP contribution in [0.2, 0.25) is 0 Å². The number of ether oxygens (including phenoxy) is 2. The zero-order valence-corrected chi connectivity index (χ0v) is 12.4. The van der Waals surface area contributed by atoms with Gasteiger partial charge in [-0.05, 0) is 30.6 Å². The fourth-order valence-electron chi connectivity index (χ4n) is 2.56. The molecule has 1 saturated heterocycles. The monoisotopic (exact) mass is 242 g/mol. The molecule has 0 spiro atoms. The number of hydrogen-bond donors (Lipinski definition) is 0. The first kappa shape index (κ1) is 15.0. The van der Waals surface area contributed by atoms with Crippen LogP contribution in [0.5, 0.6) is 0 Å². The third-order valence-electron chi connectivity index (χ3n) is 4.36. The van der Waals surface area contributed by atoms with Gasteiger partial charge < -0.3 is 9.47 Å². The lowest BCUT2D eigenvalue weighted by atomic mass is 9.78. The first-order valence-electron chi connectivity index (χ1n) is 7.24. The normalized spacial score (nSPS) is 38.6. The Labute approximate surface area is 107 Å². The summed E-state index contributed by atoms with van der Waals surface area (Å²) >= 11 is 0. The van der Waals surface area contributed by atoms with E-state index < -0.39 is 0 Å². The van der Waals surface area contributed by atoms with Gasteiger partial charge >= 0.3 is 0 Å². The van der Waals surface area contributed by atoms with Crippen molar-refractivity contribution in [1.29, 1.82) is 0 Å². The van der Waals surface area contributed by atoms with Crippen molar-refractivity contribution in [1.82, 2.24) is 0 Å². The van der Waals surface area contributed by atoms with Crippen molar-refractivity contribution in [2.45, 2.75) is 66.8 Å². The van der Waals surface area contributed by atoms with Crippen LogP contribution in [-0.4, -0.2) is 19.0 Å². The summed E-state index contributed by atoms with van der Waals surface area (Å²) in [4.78, 5) is 0. The van der Waals surface area contributed by atoms with Crippen LogP contribution in [0.4, 0.5) is 0 Å². The molecule has 2 heteroatoms. The Bertz CT molecular complexity index is 213. The Hall–Kier alpha value is -0.0800. The van der Waals surface area contributed by atoms with Crippen molar-refractivity contribution >= 4 is 0 Å². The van der Waals surface area contributed by atoms with Crippen LogP contribution in [0.3, 0.4) is 0 Å². The highest BCUT2D eigenvalue weighted by Gasteiger charge is 2.38. The van der Waals surface area contributed by atoms with Gasteiger partial charge in [-0.3, -0.25) is 0 Å². The SMILES string of the molecule is CCC1O[C@H](OCCC(C)C)C(C)[C@H](C)[C@@H]1C. The molecular weight excluding hydrogens is 212 g/mol. The maximum atomic E-state index is 6.09. The Morgan fingerprint density at radius 3 is 2.24 bits per heavy atom. The summed E-state index contributed by atoms with van der Waals surface area (Å²) in [5.41, 5.74) is 0. The van der Waals surface area contributed by atoms with Crippen molar-refractivity contribution in [3.8, 4) is 0 Å². The minimum Gasteiger partial charge on any atom is -0.352 e. The lowest BCUT2D eigenvalue weighted by molar-refractivity contribution is -0.248. The molecule has 2 unspecified atom stereocenters. The third-order valence-corrected chi connectivity index (χ3v) is 4.36. The molecule has 0 radical (unpaired) electrons. The van der Waals surface area contributed by atoms with E-state index in [0.29, 0.717) is 29.8 Å². The van der Waals surface area contributed by atoms with Gasteiger partial charge in [0.2, 0.25) is 0 Å². The third kappa shape index (κ3) is 3.96. The molecule has 0 aromatic rings. The molecule has 17 heavy (non-hydrogen) atoms. The van der Waals surface area contributed by atoms with E-state index >= 15 is 0 Å². The van der Waals surface area contributed by atoms with E-state index in [0.717, 1.165) is 19.4 Å². The van der Waals surface area contributed by atoms with E-state index in [1.54, 1.807) is 0 Å². The van der Waals surface area contributed by atoms with Crippen LogP contribution in [0.25, 0.3) is 0 Å². The van der Waals surface area contributed by atoms with E-state index in [1.165, 1.54) is 0 Å². The zero-order valence-electron chi connectivity index (χ0n) is 12.4. The average Bonchev–Trinajstić information content (AvgIpc) is 2.29. The van der Waals surface area contributed by atoms with Gasteiger partial charge in [0.05, 0.1) is 6.10 Å². The summed E-state index contributed by atoms with van der Waals surface area (Å²) in [7, 11) is 0. The smallest absolute Gasteiger partial charge is 0.160 e. The van der Waals surface area contributed by atoms with Gasteiger partial charge in [0.1, 0.15) is 0 Å². The highest BCUT2D eigenvalue weighted by molar-refractivity contribution is 4.82. The topological polar surface area (TPSA) is 18.5 Å². The van der Waals surface area contributed by atoms with E-state index in [-0.39, 0.29) is 6.29 Å². The Morgan fingerprint density at radius 1 is 1.06 bits per heavy atom. The molecule has 0 aromatic heterocycles. The molecule has 0 N–H and O–H groups in total. The lowest BCUT2D eigenvalue weighted by Gasteiger charge is -2.43. The van der Waals surface area contributed by atoms with Crippen molar-refractivity contribution in [3.63, 3.8) is 0 Å². The molecular formula is C15H30O2. The maximum Gasteiger partial charge on any atom is 0.160 e. The molecule has 1 aliphatic heterocycles. The van der Waals surface area contributed by atoms with Crippen LogP contribution in [0.1, 0.15) is 54.4 Å². The fraction of sp³-hybridized carbons (Fsp3) is 1.00. The summed E-state index contributed by atoms with van der Waals surface area (Å²) in [6, 6.07) is 0. The van der Waals surface area contributed by atoms with Crippen molar-refractivity contribution in [2.75, 3.05) is 6.61 Å². The van der Waals surface area contributed by atoms with Crippen molar-refractivity contribution in [3.05, 3.63) is 0 Å². The second kappa shape index (κ2) is 6.75. The number of rotatable bonds is 5. The first-order valence-corrected chi connectivity index (χ1v) is 7.24. The average molecular weight is 242 g/mol. The van der Waals surface area contributed by atoms with Crippen molar-refractivity contribution in [2.24, 2.45) is 23.7 Å². The molecule has 1 fully saturated rings. The largest absolute Gasteiger partial charge is 0.352 e. The van der Waals surface area contributed by atoms with E-state index in [1.807, 2.05) is 0 Å². The molecule has 2 nitrogen and oxygen atoms in total. The van der Waals surface area contributed by atoms with Crippen LogP contribution in [-0.2, 0) is 9.47 Å². The standard InChI is InChI=1S/C15H30O2/c1-7-14-12(5)11(4)13(6)15(17-14)16-9-8-10(2)3/h10-15H,7-9H2,1-6H3/t11-,12+,13?,14?,15+/m1/s1. The van der Waals surface area contributed by atoms with Crippen LogP contribution in [0.15, 0.2) is 0 Å². The van der Waals surface area contributed by atoms with E-state index in [4.69, 9.17) is 9.47 Å². The van der Waals surface area contributed by atoms with Gasteiger partial charge in [0, 0.05) is 12.5 Å². The molecule has 1 rings (SSSR count). The van der Waals surface area contributed by atoms with Gasteiger partial charge in [0.25, 0.3) is 0 Å².